The van der Waals surface area contributed by atoms with Crippen molar-refractivity contribution in [2.45, 2.75) is 32.5 Å². The van der Waals surface area contributed by atoms with Gasteiger partial charge in [-0.2, -0.15) is 8.78 Å². The summed E-state index contributed by atoms with van der Waals surface area (Å²) < 4.78 is 31.9. The van der Waals surface area contributed by atoms with Crippen LogP contribution in [0.1, 0.15) is 25.7 Å². The van der Waals surface area contributed by atoms with Gasteiger partial charge in [0.2, 0.25) is 0 Å². The number of alkyl halides is 2. The van der Waals surface area contributed by atoms with E-state index in [2.05, 4.69) is 16.9 Å². The zero-order valence-corrected chi connectivity index (χ0v) is 13.3. The van der Waals surface area contributed by atoms with Gasteiger partial charge in [0.05, 0.1) is 12.6 Å². The molecule has 2 heterocycles. The highest BCUT2D eigenvalue weighted by Gasteiger charge is 2.29. The van der Waals surface area contributed by atoms with Gasteiger partial charge in [-0.1, -0.05) is 12.2 Å². The van der Waals surface area contributed by atoms with Crippen LogP contribution >= 0.6 is 0 Å². The number of amides is 2. The molecule has 2 amide bonds. The number of nitrogens with zero attached hydrogens (tertiary/aromatic N) is 3. The molecule has 1 aromatic heterocycles. The van der Waals surface area contributed by atoms with Crippen LogP contribution in [0.5, 0.6) is 0 Å². The Hall–Kier alpha value is -1.96. The average molecular weight is 328 g/mol. The second-order valence-corrected chi connectivity index (χ2v) is 5.76. The van der Waals surface area contributed by atoms with Crippen molar-refractivity contribution in [1.82, 2.24) is 19.8 Å². The molecule has 0 saturated carbocycles. The van der Waals surface area contributed by atoms with Gasteiger partial charge in [-0.25, -0.2) is 9.78 Å². The molecule has 0 aromatic carbocycles. The Balaban J connectivity index is 1.85. The summed E-state index contributed by atoms with van der Waals surface area (Å²) in [5.41, 5.74) is 0.939. The summed E-state index contributed by atoms with van der Waals surface area (Å²) in [7, 11) is 1.54. The standard InChI is InChI=1S/C15H22F2N4O2/c1-10(2)13-11(4-7-23-13)8-19-15(22)20(3)9-12-18-5-6-21(12)14(16)17/h5-6,11,13-14H,1,4,7-9H2,2-3H3,(H,19,22). The fraction of sp³-hybridized carbons (Fsp3) is 0.600. The first kappa shape index (κ1) is 17.4. The highest BCUT2D eigenvalue weighted by atomic mass is 19.3. The Kier molecular flexibility index (Phi) is 5.70. The lowest BCUT2D eigenvalue weighted by Crippen LogP contribution is -2.41. The van der Waals surface area contributed by atoms with Crippen LogP contribution in [0, 0.1) is 5.92 Å². The van der Waals surface area contributed by atoms with Crippen molar-refractivity contribution in [3.8, 4) is 0 Å². The van der Waals surface area contributed by atoms with E-state index in [4.69, 9.17) is 4.74 Å². The quantitative estimate of drug-likeness (QED) is 0.816. The zero-order chi connectivity index (χ0) is 17.0. The Morgan fingerprint density at radius 1 is 1.65 bits per heavy atom. The molecule has 0 aliphatic carbocycles. The highest BCUT2D eigenvalue weighted by molar-refractivity contribution is 5.73. The van der Waals surface area contributed by atoms with E-state index < -0.39 is 6.55 Å². The fourth-order valence-corrected chi connectivity index (χ4v) is 2.67. The van der Waals surface area contributed by atoms with Gasteiger partial charge in [-0.3, -0.25) is 4.57 Å². The van der Waals surface area contributed by atoms with Crippen LogP contribution in [0.3, 0.4) is 0 Å². The molecule has 0 radical (unpaired) electrons. The number of rotatable bonds is 6. The second kappa shape index (κ2) is 7.54. The number of ether oxygens (including phenoxy) is 1. The minimum Gasteiger partial charge on any atom is -0.374 e. The van der Waals surface area contributed by atoms with Gasteiger partial charge >= 0.3 is 12.6 Å². The summed E-state index contributed by atoms with van der Waals surface area (Å²) in [6, 6.07) is -0.332. The predicted octanol–water partition coefficient (Wildman–Crippen LogP) is 2.40. The van der Waals surface area contributed by atoms with Crippen molar-refractivity contribution in [2.24, 2.45) is 5.92 Å². The Morgan fingerprint density at radius 2 is 2.39 bits per heavy atom. The fourth-order valence-electron chi connectivity index (χ4n) is 2.67. The maximum Gasteiger partial charge on any atom is 0.319 e. The van der Waals surface area contributed by atoms with Gasteiger partial charge in [0.1, 0.15) is 5.82 Å². The van der Waals surface area contributed by atoms with E-state index in [0.717, 1.165) is 16.6 Å². The van der Waals surface area contributed by atoms with Crippen molar-refractivity contribution < 1.29 is 18.3 Å². The molecule has 1 N–H and O–H groups in total. The second-order valence-electron chi connectivity index (χ2n) is 5.76. The van der Waals surface area contributed by atoms with E-state index in [1.54, 1.807) is 7.05 Å². The van der Waals surface area contributed by atoms with Crippen LogP contribution in [-0.4, -0.2) is 46.8 Å². The topological polar surface area (TPSA) is 59.4 Å². The number of aromatic nitrogens is 2. The molecule has 1 fully saturated rings. The largest absolute Gasteiger partial charge is 0.374 e. The molecule has 2 atom stereocenters. The van der Waals surface area contributed by atoms with Gasteiger partial charge in [-0.15, -0.1) is 0 Å². The number of imidazole rings is 1. The van der Waals surface area contributed by atoms with Crippen molar-refractivity contribution in [2.75, 3.05) is 20.2 Å². The molecule has 2 rings (SSSR count). The van der Waals surface area contributed by atoms with Gasteiger partial charge < -0.3 is 15.0 Å². The Morgan fingerprint density at radius 3 is 3.04 bits per heavy atom. The van der Waals surface area contributed by atoms with Crippen molar-refractivity contribution in [1.29, 1.82) is 0 Å². The van der Waals surface area contributed by atoms with Crippen LogP contribution in [0.2, 0.25) is 0 Å². The maximum atomic E-state index is 12.8. The van der Waals surface area contributed by atoms with Crippen LogP contribution in [-0.2, 0) is 11.3 Å². The van der Waals surface area contributed by atoms with E-state index in [0.29, 0.717) is 13.2 Å². The number of carbonyl (C=O) groups excluding carboxylic acids is 1. The SMILES string of the molecule is C=C(C)C1OCCC1CNC(=O)N(C)Cc1nccn1C(F)F. The molecule has 1 aliphatic rings. The van der Waals surface area contributed by atoms with Crippen LogP contribution in [0.15, 0.2) is 24.5 Å². The van der Waals surface area contributed by atoms with E-state index in [1.807, 2.05) is 6.92 Å². The highest BCUT2D eigenvalue weighted by Crippen LogP contribution is 2.25. The summed E-state index contributed by atoms with van der Waals surface area (Å²) >= 11 is 0. The molecule has 1 aromatic rings. The van der Waals surface area contributed by atoms with Gasteiger partial charge in [0.15, 0.2) is 0 Å². The first-order valence-corrected chi connectivity index (χ1v) is 7.46. The number of hydrogen-bond acceptors (Lipinski definition) is 3. The molecule has 128 valence electrons. The Bertz CT molecular complexity index is 561. The van der Waals surface area contributed by atoms with Gasteiger partial charge in [-0.05, 0) is 13.3 Å². The van der Waals surface area contributed by atoms with Crippen LogP contribution < -0.4 is 5.32 Å². The third-order valence-electron chi connectivity index (χ3n) is 3.90. The monoisotopic (exact) mass is 328 g/mol. The normalized spacial score (nSPS) is 20.7. The van der Waals surface area contributed by atoms with E-state index in [-0.39, 0.29) is 30.4 Å². The summed E-state index contributed by atoms with van der Waals surface area (Å²) in [6.07, 6.45) is 3.30. The Labute approximate surface area is 134 Å². The van der Waals surface area contributed by atoms with Crippen molar-refractivity contribution in [3.63, 3.8) is 0 Å². The first-order valence-electron chi connectivity index (χ1n) is 7.46. The lowest BCUT2D eigenvalue weighted by Gasteiger charge is -2.22. The molecule has 0 spiro atoms. The van der Waals surface area contributed by atoms with Crippen molar-refractivity contribution in [3.05, 3.63) is 30.4 Å². The number of hydrogen-bond donors (Lipinski definition) is 1. The third kappa shape index (κ3) is 4.28. The molecular weight excluding hydrogens is 306 g/mol. The minimum absolute atomic E-state index is 0.00819. The summed E-state index contributed by atoms with van der Waals surface area (Å²) in [5, 5.41) is 2.81. The van der Waals surface area contributed by atoms with E-state index in [9.17, 15) is 13.6 Å². The number of carbonyl (C=O) groups is 1. The molecule has 2 unspecified atom stereocenters. The smallest absolute Gasteiger partial charge is 0.319 e. The van der Waals surface area contributed by atoms with Gasteiger partial charge in [0.25, 0.3) is 0 Å². The summed E-state index contributed by atoms with van der Waals surface area (Å²) in [4.78, 5) is 17.3. The van der Waals surface area contributed by atoms with Crippen LogP contribution in [0.4, 0.5) is 13.6 Å². The molecule has 23 heavy (non-hydrogen) atoms. The minimum atomic E-state index is -2.67. The number of halogens is 2. The summed E-state index contributed by atoms with van der Waals surface area (Å²) in [5.74, 6) is 0.328. The molecule has 0 bridgehead atoms. The number of urea groups is 1. The van der Waals surface area contributed by atoms with Gasteiger partial charge in [0, 0.05) is 38.5 Å². The van der Waals surface area contributed by atoms with E-state index >= 15 is 0 Å². The third-order valence-corrected chi connectivity index (χ3v) is 3.90. The predicted molar refractivity (Wildman–Crippen MR) is 81.0 cm³/mol. The molecule has 8 heteroatoms. The lowest BCUT2D eigenvalue weighted by atomic mass is 9.97. The lowest BCUT2D eigenvalue weighted by molar-refractivity contribution is 0.0650. The maximum absolute atomic E-state index is 12.8. The molecule has 1 aliphatic heterocycles. The summed E-state index contributed by atoms with van der Waals surface area (Å²) in [6.45, 7) is 4.25. The van der Waals surface area contributed by atoms with E-state index in [1.165, 1.54) is 17.3 Å². The van der Waals surface area contributed by atoms with Crippen molar-refractivity contribution >= 4 is 6.03 Å². The van der Waals surface area contributed by atoms with Crippen LogP contribution in [0.25, 0.3) is 0 Å². The molecule has 1 saturated heterocycles. The first-order chi connectivity index (χ1) is 10.9. The zero-order valence-electron chi connectivity index (χ0n) is 13.3. The average Bonchev–Trinajstić information content (AvgIpc) is 3.13. The molecular formula is C15H22F2N4O2. The number of nitrogens with one attached hydrogen (secondary N) is 1. The molecule has 6 nitrogen and oxygen atoms in total.